The number of anilines is 1. The van der Waals surface area contributed by atoms with Gasteiger partial charge in [-0.15, -0.1) is 0 Å². The van der Waals surface area contributed by atoms with Crippen molar-refractivity contribution in [1.29, 1.82) is 0 Å². The number of carbonyl (C=O) groups excluding carboxylic acids is 1. The number of pyridine rings is 2. The summed E-state index contributed by atoms with van der Waals surface area (Å²) in [5, 5.41) is 6.07. The Hall–Kier alpha value is -2.83. The number of alkyl carbamates (subject to hydrolysis) is 1. The highest BCUT2D eigenvalue weighted by Gasteiger charge is 2.25. The second kappa shape index (κ2) is 7.42. The number of aromatic nitrogens is 3. The van der Waals surface area contributed by atoms with Crippen molar-refractivity contribution in [3.05, 3.63) is 30.9 Å². The zero-order chi connectivity index (χ0) is 18.8. The largest absolute Gasteiger partial charge is 0.444 e. The molecule has 0 saturated carbocycles. The first kappa shape index (κ1) is 17.6. The average molecular weight is 367 g/mol. The van der Waals surface area contributed by atoms with Crippen LogP contribution in [0.15, 0.2) is 30.9 Å². The zero-order valence-corrected chi connectivity index (χ0v) is 15.7. The highest BCUT2D eigenvalue weighted by molar-refractivity contribution is 6.10. The Morgan fingerprint density at radius 2 is 2.30 bits per heavy atom. The van der Waals surface area contributed by atoms with Crippen LogP contribution in [0.1, 0.15) is 26.7 Å². The average Bonchev–Trinajstić information content (AvgIpc) is 3.15. The summed E-state index contributed by atoms with van der Waals surface area (Å²) >= 11 is 0. The lowest BCUT2D eigenvalue weighted by Gasteiger charge is -2.34. The van der Waals surface area contributed by atoms with Crippen LogP contribution in [0.2, 0.25) is 0 Å². The number of ether oxygens (including phenoxy) is 1. The van der Waals surface area contributed by atoms with Crippen LogP contribution < -0.4 is 10.2 Å². The van der Waals surface area contributed by atoms with Gasteiger partial charge in [-0.1, -0.05) is 13.8 Å². The minimum absolute atomic E-state index is 0.121. The highest BCUT2D eigenvalue weighted by Crippen LogP contribution is 2.33. The summed E-state index contributed by atoms with van der Waals surface area (Å²) < 4.78 is 5.65. The summed E-state index contributed by atoms with van der Waals surface area (Å²) in [5.41, 5.74) is 1.93. The molecule has 3 aromatic heterocycles. The van der Waals surface area contributed by atoms with Crippen LogP contribution in [-0.4, -0.2) is 46.8 Å². The van der Waals surface area contributed by atoms with E-state index < -0.39 is 0 Å². The fourth-order valence-corrected chi connectivity index (χ4v) is 3.63. The van der Waals surface area contributed by atoms with Crippen LogP contribution in [0.3, 0.4) is 0 Å². The molecule has 7 heteroatoms. The van der Waals surface area contributed by atoms with E-state index in [4.69, 9.17) is 4.74 Å². The Morgan fingerprint density at radius 1 is 1.41 bits per heavy atom. The quantitative estimate of drug-likeness (QED) is 0.738. The third-order valence-corrected chi connectivity index (χ3v) is 4.93. The van der Waals surface area contributed by atoms with Gasteiger partial charge in [0.25, 0.3) is 0 Å². The van der Waals surface area contributed by atoms with E-state index in [0.717, 1.165) is 46.9 Å². The molecule has 0 spiro atoms. The molecule has 4 heterocycles. The Bertz CT molecular complexity index is 952. The van der Waals surface area contributed by atoms with Crippen molar-refractivity contribution in [2.24, 2.45) is 5.92 Å². The maximum Gasteiger partial charge on any atom is 0.407 e. The van der Waals surface area contributed by atoms with Crippen molar-refractivity contribution in [1.82, 2.24) is 20.3 Å². The fraction of sp³-hybridized carbons (Fsp3) is 0.450. The summed E-state index contributed by atoms with van der Waals surface area (Å²) in [6.45, 7) is 6.34. The Balaban J connectivity index is 1.56. The van der Waals surface area contributed by atoms with Crippen LogP contribution in [0, 0.1) is 5.92 Å². The Labute approximate surface area is 158 Å². The lowest BCUT2D eigenvalue weighted by Crippen LogP contribution is -2.42. The lowest BCUT2D eigenvalue weighted by atomic mass is 10.0. The fourth-order valence-electron chi connectivity index (χ4n) is 3.63. The van der Waals surface area contributed by atoms with E-state index in [0.29, 0.717) is 19.0 Å². The Morgan fingerprint density at radius 3 is 3.15 bits per heavy atom. The number of H-pyrrole nitrogens is 1. The van der Waals surface area contributed by atoms with Gasteiger partial charge in [0, 0.05) is 47.8 Å². The normalized spacial score (nSPS) is 17.6. The molecule has 1 amide bonds. The van der Waals surface area contributed by atoms with Gasteiger partial charge in [-0.2, -0.15) is 0 Å². The number of hydrogen-bond acceptors (Lipinski definition) is 5. The third kappa shape index (κ3) is 3.67. The summed E-state index contributed by atoms with van der Waals surface area (Å²) in [4.78, 5) is 26.3. The summed E-state index contributed by atoms with van der Waals surface area (Å²) in [5.74, 6) is 0.402. The van der Waals surface area contributed by atoms with Crippen molar-refractivity contribution in [3.8, 4) is 0 Å². The summed E-state index contributed by atoms with van der Waals surface area (Å²) in [6.07, 6.45) is 8.90. The van der Waals surface area contributed by atoms with E-state index in [-0.39, 0.29) is 12.2 Å². The molecular weight excluding hydrogens is 342 g/mol. The van der Waals surface area contributed by atoms with Crippen LogP contribution in [-0.2, 0) is 4.74 Å². The van der Waals surface area contributed by atoms with Crippen LogP contribution in [0.4, 0.5) is 10.5 Å². The topological polar surface area (TPSA) is 83.1 Å². The molecule has 0 aliphatic carbocycles. The number of nitrogens with one attached hydrogen (secondary N) is 2. The number of rotatable bonds is 4. The summed E-state index contributed by atoms with van der Waals surface area (Å²) in [7, 11) is 0. The third-order valence-electron chi connectivity index (χ3n) is 4.93. The molecule has 1 aliphatic rings. The second-order valence-corrected chi connectivity index (χ2v) is 7.51. The number of carbonyl (C=O) groups is 1. The molecule has 142 valence electrons. The minimum atomic E-state index is -0.330. The van der Waals surface area contributed by atoms with Gasteiger partial charge in [-0.05, 0) is 24.8 Å². The van der Waals surface area contributed by atoms with Crippen LogP contribution in [0.5, 0.6) is 0 Å². The van der Waals surface area contributed by atoms with Gasteiger partial charge in [0.05, 0.1) is 18.4 Å². The summed E-state index contributed by atoms with van der Waals surface area (Å²) in [6, 6.07) is 2.05. The van der Waals surface area contributed by atoms with E-state index in [1.807, 2.05) is 30.9 Å². The van der Waals surface area contributed by atoms with Crippen molar-refractivity contribution >= 4 is 33.6 Å². The predicted octanol–water partition coefficient (Wildman–Crippen LogP) is 3.46. The minimum Gasteiger partial charge on any atom is -0.444 e. The smallest absolute Gasteiger partial charge is 0.407 e. The maximum absolute atomic E-state index is 12.0. The zero-order valence-electron chi connectivity index (χ0n) is 15.7. The van der Waals surface area contributed by atoms with E-state index in [1.165, 1.54) is 0 Å². The monoisotopic (exact) mass is 367 g/mol. The first-order valence-electron chi connectivity index (χ1n) is 9.51. The molecule has 2 N–H and O–H groups in total. The molecule has 7 nitrogen and oxygen atoms in total. The van der Waals surface area contributed by atoms with Gasteiger partial charge in [0.15, 0.2) is 0 Å². The second-order valence-electron chi connectivity index (χ2n) is 7.51. The van der Waals surface area contributed by atoms with Crippen molar-refractivity contribution < 1.29 is 9.53 Å². The molecule has 0 radical (unpaired) electrons. The SMILES string of the molecule is CC(C)CNC(=O)OC1CCCN(c2cncc3cnc4[nH]ccc4c23)C1. The number of fused-ring (bicyclic) bond motifs is 3. The first-order valence-corrected chi connectivity index (χ1v) is 9.51. The molecule has 0 bridgehead atoms. The molecule has 0 aromatic carbocycles. The number of hydrogen-bond donors (Lipinski definition) is 2. The number of piperidine rings is 1. The molecule has 1 fully saturated rings. The Kier molecular flexibility index (Phi) is 4.83. The molecule has 1 atom stereocenters. The van der Waals surface area contributed by atoms with Crippen molar-refractivity contribution in [2.45, 2.75) is 32.8 Å². The van der Waals surface area contributed by atoms with Gasteiger partial charge in [-0.25, -0.2) is 9.78 Å². The van der Waals surface area contributed by atoms with Crippen LogP contribution >= 0.6 is 0 Å². The molecule has 27 heavy (non-hydrogen) atoms. The molecular formula is C20H25N5O2. The number of aromatic amines is 1. The van der Waals surface area contributed by atoms with Gasteiger partial charge in [-0.3, -0.25) is 4.98 Å². The molecule has 3 aromatic rings. The van der Waals surface area contributed by atoms with E-state index in [1.54, 1.807) is 0 Å². The van der Waals surface area contributed by atoms with E-state index in [2.05, 4.69) is 39.0 Å². The van der Waals surface area contributed by atoms with Gasteiger partial charge in [0.1, 0.15) is 11.8 Å². The van der Waals surface area contributed by atoms with Crippen LogP contribution in [0.25, 0.3) is 21.8 Å². The maximum atomic E-state index is 12.0. The van der Waals surface area contributed by atoms with Gasteiger partial charge < -0.3 is 19.9 Å². The van der Waals surface area contributed by atoms with E-state index >= 15 is 0 Å². The number of nitrogens with zero attached hydrogens (tertiary/aromatic N) is 3. The molecule has 1 unspecified atom stereocenters. The van der Waals surface area contributed by atoms with Crippen molar-refractivity contribution in [3.63, 3.8) is 0 Å². The predicted molar refractivity (Wildman–Crippen MR) is 106 cm³/mol. The van der Waals surface area contributed by atoms with Gasteiger partial charge in [0.2, 0.25) is 0 Å². The standard InChI is InChI=1S/C20H25N5O2/c1-13(2)8-24-20(26)27-15-4-3-7-25(12-15)17-11-21-9-14-10-23-19-16(18(14)17)5-6-22-19/h5-6,9-11,13,15H,3-4,7-8,12H2,1-2H3,(H,22,23)(H,24,26). The van der Waals surface area contributed by atoms with Crippen molar-refractivity contribution in [2.75, 3.05) is 24.5 Å². The van der Waals surface area contributed by atoms with E-state index in [9.17, 15) is 4.79 Å². The first-order chi connectivity index (χ1) is 13.1. The van der Waals surface area contributed by atoms with Gasteiger partial charge >= 0.3 is 6.09 Å². The molecule has 4 rings (SSSR count). The molecule has 1 aliphatic heterocycles. The molecule has 1 saturated heterocycles. The number of amides is 1. The highest BCUT2D eigenvalue weighted by atomic mass is 16.6. The lowest BCUT2D eigenvalue weighted by molar-refractivity contribution is 0.0877.